The summed E-state index contributed by atoms with van der Waals surface area (Å²) >= 11 is 0. The summed E-state index contributed by atoms with van der Waals surface area (Å²) < 4.78 is 0. The molecule has 2 rings (SSSR count). The second-order valence-corrected chi connectivity index (χ2v) is 5.29. The molecule has 1 spiro atoms. The Hall–Kier alpha value is -0.0800. The molecule has 0 bridgehead atoms. The Kier molecular flexibility index (Phi) is 2.37. The van der Waals surface area contributed by atoms with Gasteiger partial charge in [0, 0.05) is 19.1 Å². The smallest absolute Gasteiger partial charge is 0.00901 e. The number of hydrogen-bond donors (Lipinski definition) is 1. The van der Waals surface area contributed by atoms with Crippen LogP contribution in [0.25, 0.3) is 0 Å². The second-order valence-electron chi connectivity index (χ2n) is 5.29. The van der Waals surface area contributed by atoms with Crippen molar-refractivity contribution in [2.75, 3.05) is 27.2 Å². The largest absolute Gasteiger partial charge is 0.317 e. The average molecular weight is 182 g/mol. The fourth-order valence-corrected chi connectivity index (χ4v) is 3.49. The maximum atomic E-state index is 3.44. The molecule has 0 aromatic heterocycles. The molecule has 1 saturated carbocycles. The molecule has 1 aliphatic heterocycles. The standard InChI is InChI=1S/C11H22N2/c1-9-6-11(7-13(3)8-11)5-4-10(9)12-2/h9-10,12H,4-8H2,1-3H3. The molecule has 0 amide bonds. The van der Waals surface area contributed by atoms with Crippen molar-refractivity contribution in [1.29, 1.82) is 0 Å². The Morgan fingerprint density at radius 2 is 2.08 bits per heavy atom. The topological polar surface area (TPSA) is 15.3 Å². The van der Waals surface area contributed by atoms with Crippen molar-refractivity contribution in [3.05, 3.63) is 0 Å². The van der Waals surface area contributed by atoms with Crippen LogP contribution in [0.3, 0.4) is 0 Å². The minimum absolute atomic E-state index is 0.710. The van der Waals surface area contributed by atoms with Gasteiger partial charge in [0.25, 0.3) is 0 Å². The third kappa shape index (κ3) is 1.62. The van der Waals surface area contributed by atoms with E-state index in [1.54, 1.807) is 0 Å². The van der Waals surface area contributed by atoms with Gasteiger partial charge >= 0.3 is 0 Å². The van der Waals surface area contributed by atoms with E-state index in [9.17, 15) is 0 Å². The zero-order valence-corrected chi connectivity index (χ0v) is 9.14. The maximum Gasteiger partial charge on any atom is 0.00901 e. The van der Waals surface area contributed by atoms with Crippen molar-refractivity contribution in [3.63, 3.8) is 0 Å². The van der Waals surface area contributed by atoms with Crippen molar-refractivity contribution in [2.24, 2.45) is 11.3 Å². The Bertz CT molecular complexity index is 185. The van der Waals surface area contributed by atoms with Gasteiger partial charge in [-0.25, -0.2) is 0 Å². The molecule has 76 valence electrons. The lowest BCUT2D eigenvalue weighted by molar-refractivity contribution is -0.0329. The van der Waals surface area contributed by atoms with Crippen molar-refractivity contribution < 1.29 is 0 Å². The number of rotatable bonds is 1. The highest BCUT2D eigenvalue weighted by Gasteiger charge is 2.45. The summed E-state index contributed by atoms with van der Waals surface area (Å²) in [6, 6.07) is 0.775. The van der Waals surface area contributed by atoms with E-state index in [1.807, 2.05) is 0 Å². The van der Waals surface area contributed by atoms with Crippen LogP contribution in [0.1, 0.15) is 26.2 Å². The first-order chi connectivity index (χ1) is 6.15. The van der Waals surface area contributed by atoms with Gasteiger partial charge in [-0.15, -0.1) is 0 Å². The lowest BCUT2D eigenvalue weighted by Crippen LogP contribution is -2.58. The van der Waals surface area contributed by atoms with Gasteiger partial charge in [-0.1, -0.05) is 6.92 Å². The van der Waals surface area contributed by atoms with Crippen molar-refractivity contribution in [3.8, 4) is 0 Å². The lowest BCUT2D eigenvalue weighted by Gasteiger charge is -2.54. The van der Waals surface area contributed by atoms with Crippen LogP contribution in [0.15, 0.2) is 0 Å². The Labute approximate surface area is 81.7 Å². The van der Waals surface area contributed by atoms with E-state index >= 15 is 0 Å². The second kappa shape index (κ2) is 3.25. The maximum absolute atomic E-state index is 3.44. The Morgan fingerprint density at radius 1 is 1.38 bits per heavy atom. The molecule has 0 aromatic carbocycles. The summed E-state index contributed by atoms with van der Waals surface area (Å²) in [4.78, 5) is 2.45. The quantitative estimate of drug-likeness (QED) is 0.658. The van der Waals surface area contributed by atoms with Crippen LogP contribution in [0.2, 0.25) is 0 Å². The zero-order chi connectivity index (χ0) is 9.47. The van der Waals surface area contributed by atoms with Crippen molar-refractivity contribution >= 4 is 0 Å². The number of likely N-dealkylation sites (tertiary alicyclic amines) is 1. The fraction of sp³-hybridized carbons (Fsp3) is 1.00. The summed E-state index contributed by atoms with van der Waals surface area (Å²) in [5, 5.41) is 3.44. The van der Waals surface area contributed by atoms with E-state index in [2.05, 4.69) is 31.2 Å². The molecule has 13 heavy (non-hydrogen) atoms. The van der Waals surface area contributed by atoms with E-state index < -0.39 is 0 Å². The van der Waals surface area contributed by atoms with Gasteiger partial charge < -0.3 is 10.2 Å². The molecule has 2 aliphatic rings. The number of nitrogens with one attached hydrogen (secondary N) is 1. The summed E-state index contributed by atoms with van der Waals surface area (Å²) in [6.45, 7) is 5.09. The monoisotopic (exact) mass is 182 g/mol. The normalized spacial score (nSPS) is 39.0. The predicted molar refractivity (Wildman–Crippen MR) is 55.8 cm³/mol. The Morgan fingerprint density at radius 3 is 2.54 bits per heavy atom. The van der Waals surface area contributed by atoms with Crippen LogP contribution < -0.4 is 5.32 Å². The lowest BCUT2D eigenvalue weighted by atomic mass is 9.64. The third-order valence-electron chi connectivity index (χ3n) is 4.01. The van der Waals surface area contributed by atoms with E-state index in [0.717, 1.165) is 12.0 Å². The molecule has 2 fully saturated rings. The highest BCUT2D eigenvalue weighted by molar-refractivity contribution is 4.99. The molecule has 2 nitrogen and oxygen atoms in total. The summed E-state index contributed by atoms with van der Waals surface area (Å²) in [5.74, 6) is 0.868. The summed E-state index contributed by atoms with van der Waals surface area (Å²) in [7, 11) is 4.34. The van der Waals surface area contributed by atoms with Gasteiger partial charge in [0.15, 0.2) is 0 Å². The molecule has 0 radical (unpaired) electrons. The third-order valence-corrected chi connectivity index (χ3v) is 4.01. The SMILES string of the molecule is CNC1CCC2(CC1C)CN(C)C2. The Balaban J connectivity index is 1.92. The average Bonchev–Trinajstić information content (AvgIpc) is 2.02. The van der Waals surface area contributed by atoms with Crippen LogP contribution in [0, 0.1) is 11.3 Å². The van der Waals surface area contributed by atoms with Gasteiger partial charge in [0.1, 0.15) is 0 Å². The van der Waals surface area contributed by atoms with E-state index in [0.29, 0.717) is 5.41 Å². The fourth-order valence-electron chi connectivity index (χ4n) is 3.49. The number of nitrogens with zero attached hydrogens (tertiary/aromatic N) is 1. The first-order valence-electron chi connectivity index (χ1n) is 5.51. The van der Waals surface area contributed by atoms with Crippen molar-refractivity contribution in [2.45, 2.75) is 32.2 Å². The van der Waals surface area contributed by atoms with Crippen LogP contribution in [0.5, 0.6) is 0 Å². The minimum atomic E-state index is 0.710. The van der Waals surface area contributed by atoms with E-state index in [-0.39, 0.29) is 0 Å². The van der Waals surface area contributed by atoms with Crippen LogP contribution >= 0.6 is 0 Å². The first-order valence-corrected chi connectivity index (χ1v) is 5.51. The van der Waals surface area contributed by atoms with Crippen LogP contribution in [0.4, 0.5) is 0 Å². The molecule has 1 N–H and O–H groups in total. The highest BCUT2D eigenvalue weighted by atomic mass is 15.2. The molecule has 1 aliphatic carbocycles. The van der Waals surface area contributed by atoms with Crippen LogP contribution in [-0.4, -0.2) is 38.1 Å². The van der Waals surface area contributed by atoms with Gasteiger partial charge in [0.05, 0.1) is 0 Å². The van der Waals surface area contributed by atoms with E-state index in [4.69, 9.17) is 0 Å². The first kappa shape index (κ1) is 9.47. The number of hydrogen-bond acceptors (Lipinski definition) is 2. The van der Waals surface area contributed by atoms with Gasteiger partial charge in [-0.3, -0.25) is 0 Å². The van der Waals surface area contributed by atoms with Crippen molar-refractivity contribution in [1.82, 2.24) is 10.2 Å². The van der Waals surface area contributed by atoms with Gasteiger partial charge in [0.2, 0.25) is 0 Å². The molecule has 0 aromatic rings. The minimum Gasteiger partial charge on any atom is -0.317 e. The van der Waals surface area contributed by atoms with Crippen LogP contribution in [-0.2, 0) is 0 Å². The molecule has 1 heterocycles. The molecule has 1 saturated heterocycles. The highest BCUT2D eigenvalue weighted by Crippen LogP contribution is 2.45. The van der Waals surface area contributed by atoms with Gasteiger partial charge in [-0.05, 0) is 44.7 Å². The predicted octanol–water partition coefficient (Wildman–Crippen LogP) is 1.33. The van der Waals surface area contributed by atoms with E-state index in [1.165, 1.54) is 32.4 Å². The summed E-state index contributed by atoms with van der Waals surface area (Å²) in [5.41, 5.74) is 0.710. The zero-order valence-electron chi connectivity index (χ0n) is 9.14. The molecular weight excluding hydrogens is 160 g/mol. The summed E-state index contributed by atoms with van der Waals surface area (Å²) in [6.07, 6.45) is 4.25. The molecule has 2 heteroatoms. The van der Waals surface area contributed by atoms with Gasteiger partial charge in [-0.2, -0.15) is 0 Å². The molecule has 2 atom stereocenters. The molecule has 2 unspecified atom stereocenters. The molecular formula is C11H22N2.